The fourth-order valence-electron chi connectivity index (χ4n) is 8.83. The molecule has 0 bridgehead atoms. The lowest BCUT2D eigenvalue weighted by molar-refractivity contribution is -0.142. The summed E-state index contributed by atoms with van der Waals surface area (Å²) in [6.45, 7) is 13.8. The zero-order chi connectivity index (χ0) is 27.0. The molecule has 4 aliphatic carbocycles. The Morgan fingerprint density at radius 3 is 2.36 bits per heavy atom. The van der Waals surface area contributed by atoms with Crippen molar-refractivity contribution in [2.45, 2.75) is 99.5 Å². The third kappa shape index (κ3) is 3.53. The van der Waals surface area contributed by atoms with E-state index in [2.05, 4.69) is 20.8 Å². The van der Waals surface area contributed by atoms with Gasteiger partial charge in [0.2, 0.25) is 0 Å². The van der Waals surface area contributed by atoms with Crippen molar-refractivity contribution >= 4 is 23.3 Å². The summed E-state index contributed by atoms with van der Waals surface area (Å²) in [7, 11) is 0. The van der Waals surface area contributed by atoms with Crippen molar-refractivity contribution in [3.05, 3.63) is 22.8 Å². The van der Waals surface area contributed by atoms with E-state index in [1.165, 1.54) is 13.0 Å². The Labute approximate surface area is 214 Å². The van der Waals surface area contributed by atoms with Crippen LogP contribution in [0.15, 0.2) is 22.8 Å². The second kappa shape index (κ2) is 8.47. The summed E-state index contributed by atoms with van der Waals surface area (Å²) >= 11 is 0. The summed E-state index contributed by atoms with van der Waals surface area (Å²) in [4.78, 5) is 50.6. The standard InChI is InChI=1S/C30H42O6/c1-16(12-18(31)13-17(2)26(35)36)20-14-24(34)30(7)19-8-9-22-27(3,4)23(33)10-11-28(22,5)25(19)21(32)15-29(20,30)6/h12,17,20,22,24,34H,8-11,13-15H2,1-7H3,(H,35,36)/b16-12-/t17?,20-,22+,24+,28+,29-,30-/m1/s1. The van der Waals surface area contributed by atoms with Crippen molar-refractivity contribution in [3.63, 3.8) is 0 Å². The van der Waals surface area contributed by atoms with Gasteiger partial charge in [0.25, 0.3) is 0 Å². The van der Waals surface area contributed by atoms with Crippen LogP contribution in [0.1, 0.15) is 93.4 Å². The Morgan fingerprint density at radius 2 is 1.75 bits per heavy atom. The van der Waals surface area contributed by atoms with Crippen LogP contribution in [0.3, 0.4) is 0 Å². The molecule has 2 N–H and O–H groups in total. The van der Waals surface area contributed by atoms with Gasteiger partial charge in [-0.05, 0) is 55.9 Å². The third-order valence-corrected chi connectivity index (χ3v) is 11.2. The van der Waals surface area contributed by atoms with Gasteiger partial charge in [-0.25, -0.2) is 0 Å². The van der Waals surface area contributed by atoms with Gasteiger partial charge < -0.3 is 10.2 Å². The summed E-state index contributed by atoms with van der Waals surface area (Å²) < 4.78 is 0. The number of carbonyl (C=O) groups is 4. The summed E-state index contributed by atoms with van der Waals surface area (Å²) in [6.07, 6.45) is 4.25. The third-order valence-electron chi connectivity index (χ3n) is 11.2. The number of aliphatic carboxylic acids is 1. The highest BCUT2D eigenvalue weighted by molar-refractivity contribution is 6.01. The minimum Gasteiger partial charge on any atom is -0.481 e. The molecule has 6 heteroatoms. The van der Waals surface area contributed by atoms with Gasteiger partial charge >= 0.3 is 5.97 Å². The number of fused-ring (bicyclic) bond motifs is 4. The Bertz CT molecular complexity index is 1090. The van der Waals surface area contributed by atoms with E-state index < -0.39 is 34.2 Å². The molecule has 36 heavy (non-hydrogen) atoms. The van der Waals surface area contributed by atoms with Crippen molar-refractivity contribution < 1.29 is 29.4 Å². The largest absolute Gasteiger partial charge is 0.481 e. The van der Waals surface area contributed by atoms with Crippen LogP contribution in [-0.2, 0) is 19.2 Å². The monoisotopic (exact) mass is 498 g/mol. The van der Waals surface area contributed by atoms with Gasteiger partial charge in [-0.15, -0.1) is 0 Å². The van der Waals surface area contributed by atoms with E-state index in [-0.39, 0.29) is 41.0 Å². The van der Waals surface area contributed by atoms with E-state index in [0.717, 1.165) is 23.1 Å². The number of rotatable bonds is 5. The van der Waals surface area contributed by atoms with Gasteiger partial charge in [-0.1, -0.05) is 52.7 Å². The SMILES string of the molecule is C/C(=C/C(=O)CC(C)C(=O)O)[C@H]1C[C@H](O)[C@@]2(C)C3=C(C(=O)C[C@]12C)[C@@]1(C)CCC(=O)C(C)(C)[C@@H]1CC3. The summed E-state index contributed by atoms with van der Waals surface area (Å²) in [5.41, 5.74) is 0.738. The maximum Gasteiger partial charge on any atom is 0.306 e. The van der Waals surface area contributed by atoms with E-state index >= 15 is 0 Å². The molecule has 0 amide bonds. The van der Waals surface area contributed by atoms with Gasteiger partial charge in [0.15, 0.2) is 11.6 Å². The Hall–Kier alpha value is -2.08. The normalized spacial score (nSPS) is 40.9. The van der Waals surface area contributed by atoms with Crippen molar-refractivity contribution in [1.82, 2.24) is 0 Å². The number of hydrogen-bond acceptors (Lipinski definition) is 5. The van der Waals surface area contributed by atoms with Crippen molar-refractivity contribution in [3.8, 4) is 0 Å². The first-order valence-electron chi connectivity index (χ1n) is 13.4. The molecule has 198 valence electrons. The fraction of sp³-hybridized carbons (Fsp3) is 0.733. The maximum atomic E-state index is 14.0. The van der Waals surface area contributed by atoms with Gasteiger partial charge in [-0.3, -0.25) is 19.2 Å². The lowest BCUT2D eigenvalue weighted by Gasteiger charge is -2.60. The quantitative estimate of drug-likeness (QED) is 0.512. The summed E-state index contributed by atoms with van der Waals surface area (Å²) in [5.74, 6) is -1.65. The molecule has 2 saturated carbocycles. The van der Waals surface area contributed by atoms with Crippen LogP contribution in [0.4, 0.5) is 0 Å². The number of hydrogen-bond donors (Lipinski definition) is 2. The van der Waals surface area contributed by atoms with Crippen LogP contribution >= 0.6 is 0 Å². The van der Waals surface area contributed by atoms with E-state index in [4.69, 9.17) is 5.11 Å². The molecule has 7 atom stereocenters. The Kier molecular flexibility index (Phi) is 6.35. The van der Waals surface area contributed by atoms with Crippen molar-refractivity contribution in [1.29, 1.82) is 0 Å². The van der Waals surface area contributed by atoms with Gasteiger partial charge in [0.1, 0.15) is 5.78 Å². The minimum atomic E-state index is -1.00. The molecule has 1 unspecified atom stereocenters. The molecular formula is C30H42O6. The second-order valence-corrected chi connectivity index (χ2v) is 13.3. The molecular weight excluding hydrogens is 456 g/mol. The minimum absolute atomic E-state index is 0.0710. The van der Waals surface area contributed by atoms with Gasteiger partial charge in [0, 0.05) is 41.1 Å². The van der Waals surface area contributed by atoms with E-state index in [1.807, 2.05) is 20.8 Å². The zero-order valence-electron chi connectivity index (χ0n) is 22.9. The predicted octanol–water partition coefficient (Wildman–Crippen LogP) is 5.08. The average molecular weight is 499 g/mol. The number of aliphatic hydroxyl groups excluding tert-OH is 1. The highest BCUT2D eigenvalue weighted by Crippen LogP contribution is 2.71. The molecule has 0 aromatic rings. The molecule has 6 nitrogen and oxygen atoms in total. The fourth-order valence-corrected chi connectivity index (χ4v) is 8.83. The smallest absolute Gasteiger partial charge is 0.306 e. The maximum absolute atomic E-state index is 14.0. The van der Waals surface area contributed by atoms with Crippen LogP contribution in [0.25, 0.3) is 0 Å². The number of Topliss-reactive ketones (excluding diaryl/α,β-unsaturated/α-hetero) is 2. The first-order chi connectivity index (χ1) is 16.5. The summed E-state index contributed by atoms with van der Waals surface area (Å²) in [5, 5.41) is 20.7. The van der Waals surface area contributed by atoms with Crippen molar-refractivity contribution in [2.24, 2.45) is 39.4 Å². The molecule has 0 saturated heterocycles. The number of carboxylic acid groups (broad SMARTS) is 1. The van der Waals surface area contributed by atoms with E-state index in [0.29, 0.717) is 32.1 Å². The first kappa shape index (κ1) is 27.0. The molecule has 0 heterocycles. The van der Waals surface area contributed by atoms with E-state index in [9.17, 15) is 24.3 Å². The highest BCUT2D eigenvalue weighted by Gasteiger charge is 2.68. The lowest BCUT2D eigenvalue weighted by atomic mass is 9.43. The Morgan fingerprint density at radius 1 is 1.11 bits per heavy atom. The molecule has 2 fully saturated rings. The number of aliphatic hydroxyl groups is 1. The highest BCUT2D eigenvalue weighted by atomic mass is 16.4. The molecule has 0 radical (unpaired) electrons. The average Bonchev–Trinajstić information content (AvgIpc) is 2.97. The number of carboxylic acids is 1. The van der Waals surface area contributed by atoms with Crippen LogP contribution in [-0.4, -0.2) is 39.6 Å². The molecule has 0 aromatic heterocycles. The van der Waals surface area contributed by atoms with Crippen LogP contribution in [0.5, 0.6) is 0 Å². The number of allylic oxidation sites excluding steroid dienone is 3. The molecule has 0 spiro atoms. The van der Waals surface area contributed by atoms with E-state index in [1.54, 1.807) is 0 Å². The predicted molar refractivity (Wildman–Crippen MR) is 136 cm³/mol. The van der Waals surface area contributed by atoms with Gasteiger partial charge in [0.05, 0.1) is 12.0 Å². The molecule has 0 aromatic carbocycles. The van der Waals surface area contributed by atoms with Crippen LogP contribution in [0.2, 0.25) is 0 Å². The van der Waals surface area contributed by atoms with Crippen LogP contribution in [0, 0.1) is 39.4 Å². The lowest BCUT2D eigenvalue weighted by Crippen LogP contribution is -2.57. The molecule has 4 aliphatic rings. The number of carbonyl (C=O) groups excluding carboxylic acids is 3. The second-order valence-electron chi connectivity index (χ2n) is 13.3. The zero-order valence-corrected chi connectivity index (χ0v) is 22.9. The van der Waals surface area contributed by atoms with Gasteiger partial charge in [-0.2, -0.15) is 0 Å². The molecule has 4 rings (SSSR count). The van der Waals surface area contributed by atoms with Crippen LogP contribution < -0.4 is 0 Å². The van der Waals surface area contributed by atoms with Crippen molar-refractivity contribution in [2.75, 3.05) is 0 Å². The Balaban J connectivity index is 1.76. The number of ketones is 3. The molecule has 0 aliphatic heterocycles. The topological polar surface area (TPSA) is 109 Å². The first-order valence-corrected chi connectivity index (χ1v) is 13.4. The summed E-state index contributed by atoms with van der Waals surface area (Å²) in [6, 6.07) is 0.